The Morgan fingerprint density at radius 3 is 2.48 bits per heavy atom. The molecular weight excluding hydrogens is 266 g/mol. The summed E-state index contributed by atoms with van der Waals surface area (Å²) in [7, 11) is 0. The van der Waals surface area contributed by atoms with Crippen molar-refractivity contribution in [1.29, 1.82) is 0 Å². The third-order valence-corrected chi connectivity index (χ3v) is 3.15. The molecule has 4 heteroatoms. The molecule has 0 aromatic heterocycles. The van der Waals surface area contributed by atoms with Crippen LogP contribution in [-0.2, 0) is 5.41 Å². The minimum Gasteiger partial charge on any atom is -0.507 e. The summed E-state index contributed by atoms with van der Waals surface area (Å²) in [6.45, 7) is 6.25. The number of benzene rings is 2. The van der Waals surface area contributed by atoms with E-state index in [2.05, 4.69) is 20.8 Å². The van der Waals surface area contributed by atoms with Crippen molar-refractivity contribution in [1.82, 2.24) is 0 Å². The molecule has 0 heterocycles. The largest absolute Gasteiger partial charge is 0.507 e. The number of nitrogens with two attached hydrogens (primary N) is 1. The third-order valence-electron chi connectivity index (χ3n) is 3.15. The highest BCUT2D eigenvalue weighted by atomic mass is 16.5. The molecule has 0 atom stereocenters. The number of phenolic OH excluding ortho intramolecular Hbond substituents is 1. The van der Waals surface area contributed by atoms with Crippen LogP contribution in [0.25, 0.3) is 0 Å². The highest BCUT2D eigenvalue weighted by Crippen LogP contribution is 2.27. The van der Waals surface area contributed by atoms with E-state index in [0.717, 1.165) is 5.56 Å². The molecule has 0 aliphatic rings. The molecule has 0 radical (unpaired) electrons. The quantitative estimate of drug-likeness (QED) is 0.503. The molecule has 0 aliphatic heterocycles. The summed E-state index contributed by atoms with van der Waals surface area (Å²) < 4.78 is 5.32. The Hall–Kier alpha value is -2.49. The predicted octanol–water partition coefficient (Wildman–Crippen LogP) is 3.49. The van der Waals surface area contributed by atoms with E-state index in [1.54, 1.807) is 12.1 Å². The molecule has 2 aromatic rings. The van der Waals surface area contributed by atoms with E-state index >= 15 is 0 Å². The fourth-order valence-electron chi connectivity index (χ4n) is 1.91. The molecule has 0 spiro atoms. The smallest absolute Gasteiger partial charge is 0.347 e. The maximum absolute atomic E-state index is 12.1. The zero-order chi connectivity index (χ0) is 15.6. The summed E-state index contributed by atoms with van der Waals surface area (Å²) in [6.07, 6.45) is 0. The number of ether oxygens (including phenoxy) is 1. The van der Waals surface area contributed by atoms with Gasteiger partial charge in [0.2, 0.25) is 0 Å². The highest BCUT2D eigenvalue weighted by molar-refractivity contribution is 5.94. The van der Waals surface area contributed by atoms with E-state index in [4.69, 9.17) is 10.5 Å². The fourth-order valence-corrected chi connectivity index (χ4v) is 1.91. The molecule has 0 saturated heterocycles. The molecule has 4 nitrogen and oxygen atoms in total. The number of phenols is 1. The van der Waals surface area contributed by atoms with E-state index in [9.17, 15) is 9.90 Å². The number of anilines is 1. The Balaban J connectivity index is 2.24. The van der Waals surface area contributed by atoms with Crippen molar-refractivity contribution in [3.63, 3.8) is 0 Å². The summed E-state index contributed by atoms with van der Waals surface area (Å²) >= 11 is 0. The van der Waals surface area contributed by atoms with Crippen molar-refractivity contribution in [2.24, 2.45) is 0 Å². The van der Waals surface area contributed by atoms with Gasteiger partial charge < -0.3 is 15.6 Å². The molecule has 0 fully saturated rings. The number of rotatable bonds is 2. The van der Waals surface area contributed by atoms with Gasteiger partial charge in [-0.15, -0.1) is 0 Å². The molecule has 21 heavy (non-hydrogen) atoms. The van der Waals surface area contributed by atoms with Gasteiger partial charge in [0.25, 0.3) is 0 Å². The zero-order valence-corrected chi connectivity index (χ0v) is 12.4. The van der Waals surface area contributed by atoms with Gasteiger partial charge in [0.1, 0.15) is 17.1 Å². The Morgan fingerprint density at radius 2 is 1.86 bits per heavy atom. The van der Waals surface area contributed by atoms with Crippen LogP contribution < -0.4 is 10.5 Å². The molecule has 110 valence electrons. The predicted molar refractivity (Wildman–Crippen MR) is 82.6 cm³/mol. The van der Waals surface area contributed by atoms with E-state index in [-0.39, 0.29) is 16.7 Å². The second-order valence-corrected chi connectivity index (χ2v) is 5.94. The highest BCUT2D eigenvalue weighted by Gasteiger charge is 2.17. The Kier molecular flexibility index (Phi) is 3.89. The van der Waals surface area contributed by atoms with Crippen LogP contribution in [-0.4, -0.2) is 11.1 Å². The van der Waals surface area contributed by atoms with Crippen molar-refractivity contribution in [2.45, 2.75) is 26.2 Å². The standard InChI is InChI=1S/C17H19NO3/c1-17(2,3)11-5-4-6-13(9-11)21-16(20)14-8-7-12(18)10-15(14)19/h4-10,19H,18H2,1-3H3. The maximum atomic E-state index is 12.1. The van der Waals surface area contributed by atoms with Crippen molar-refractivity contribution in [2.75, 3.05) is 5.73 Å². The van der Waals surface area contributed by atoms with E-state index in [1.807, 2.05) is 18.2 Å². The van der Waals surface area contributed by atoms with Gasteiger partial charge in [-0.3, -0.25) is 0 Å². The first kappa shape index (κ1) is 14.9. The number of nitrogen functional groups attached to an aromatic ring is 1. The van der Waals surface area contributed by atoms with Crippen LogP contribution in [0.1, 0.15) is 36.7 Å². The van der Waals surface area contributed by atoms with Crippen LogP contribution in [0.5, 0.6) is 11.5 Å². The van der Waals surface area contributed by atoms with Crippen molar-refractivity contribution in [3.05, 3.63) is 53.6 Å². The van der Waals surface area contributed by atoms with Gasteiger partial charge in [-0.2, -0.15) is 0 Å². The number of aromatic hydroxyl groups is 1. The normalized spacial score (nSPS) is 11.2. The minimum atomic E-state index is -0.612. The molecule has 0 saturated carbocycles. The van der Waals surface area contributed by atoms with Gasteiger partial charge in [-0.05, 0) is 35.2 Å². The molecule has 2 rings (SSSR count). The van der Waals surface area contributed by atoms with Crippen molar-refractivity contribution >= 4 is 11.7 Å². The fraction of sp³-hybridized carbons (Fsp3) is 0.235. The third kappa shape index (κ3) is 3.54. The van der Waals surface area contributed by atoms with Crippen LogP contribution in [0, 0.1) is 0 Å². The number of carbonyl (C=O) groups is 1. The van der Waals surface area contributed by atoms with E-state index in [1.165, 1.54) is 12.1 Å². The molecule has 0 bridgehead atoms. The zero-order valence-electron chi connectivity index (χ0n) is 12.4. The average Bonchev–Trinajstić information content (AvgIpc) is 2.37. The van der Waals surface area contributed by atoms with Gasteiger partial charge in [0.05, 0.1) is 0 Å². The molecular formula is C17H19NO3. The number of hydrogen-bond donors (Lipinski definition) is 2. The topological polar surface area (TPSA) is 72.5 Å². The van der Waals surface area contributed by atoms with Crippen LogP contribution >= 0.6 is 0 Å². The minimum absolute atomic E-state index is 0.0360. The second kappa shape index (κ2) is 5.48. The number of carbonyl (C=O) groups excluding carboxylic acids is 1. The molecule has 3 N–H and O–H groups in total. The van der Waals surface area contributed by atoms with Crippen LogP contribution in [0.3, 0.4) is 0 Å². The molecule has 2 aromatic carbocycles. The monoisotopic (exact) mass is 285 g/mol. The van der Waals surface area contributed by atoms with Gasteiger partial charge >= 0.3 is 5.97 Å². The lowest BCUT2D eigenvalue weighted by Gasteiger charge is -2.19. The van der Waals surface area contributed by atoms with E-state index < -0.39 is 5.97 Å². The van der Waals surface area contributed by atoms with Crippen LogP contribution in [0.15, 0.2) is 42.5 Å². The van der Waals surface area contributed by atoms with Gasteiger partial charge in [-0.1, -0.05) is 32.9 Å². The van der Waals surface area contributed by atoms with Crippen LogP contribution in [0.4, 0.5) is 5.69 Å². The Morgan fingerprint density at radius 1 is 1.14 bits per heavy atom. The first-order valence-electron chi connectivity index (χ1n) is 6.68. The molecule has 0 amide bonds. The lowest BCUT2D eigenvalue weighted by atomic mass is 9.87. The maximum Gasteiger partial charge on any atom is 0.347 e. The lowest BCUT2D eigenvalue weighted by molar-refractivity contribution is 0.0731. The Bertz CT molecular complexity index is 672. The average molecular weight is 285 g/mol. The first-order valence-corrected chi connectivity index (χ1v) is 6.68. The summed E-state index contributed by atoms with van der Waals surface area (Å²) in [6, 6.07) is 11.7. The van der Waals surface area contributed by atoms with Gasteiger partial charge in [0, 0.05) is 11.8 Å². The number of hydrogen-bond acceptors (Lipinski definition) is 4. The van der Waals surface area contributed by atoms with Gasteiger partial charge in [0.15, 0.2) is 0 Å². The molecule has 0 aliphatic carbocycles. The summed E-state index contributed by atoms with van der Waals surface area (Å²) in [4.78, 5) is 12.1. The van der Waals surface area contributed by atoms with Crippen LogP contribution in [0.2, 0.25) is 0 Å². The van der Waals surface area contributed by atoms with Gasteiger partial charge in [-0.25, -0.2) is 4.79 Å². The second-order valence-electron chi connectivity index (χ2n) is 5.94. The summed E-state index contributed by atoms with van der Waals surface area (Å²) in [5.74, 6) is -0.353. The summed E-state index contributed by atoms with van der Waals surface area (Å²) in [5, 5.41) is 9.74. The summed E-state index contributed by atoms with van der Waals surface area (Å²) in [5.41, 5.74) is 7.04. The van der Waals surface area contributed by atoms with E-state index in [0.29, 0.717) is 11.4 Å². The van der Waals surface area contributed by atoms with Crippen molar-refractivity contribution in [3.8, 4) is 11.5 Å². The van der Waals surface area contributed by atoms with Crippen molar-refractivity contribution < 1.29 is 14.6 Å². The first-order chi connectivity index (χ1) is 9.77. The SMILES string of the molecule is CC(C)(C)c1cccc(OC(=O)c2ccc(N)cc2O)c1. The Labute approximate surface area is 124 Å². The number of esters is 1. The lowest BCUT2D eigenvalue weighted by Crippen LogP contribution is -2.13. The molecule has 0 unspecified atom stereocenters.